The molecular formula is C23H29N3O3. The molecular weight excluding hydrogens is 366 g/mol. The molecule has 0 radical (unpaired) electrons. The number of nitrogens with two attached hydrogens (primary N) is 1. The van der Waals surface area contributed by atoms with Crippen LogP contribution in [0.3, 0.4) is 0 Å². The van der Waals surface area contributed by atoms with Crippen LogP contribution in [0.2, 0.25) is 0 Å². The summed E-state index contributed by atoms with van der Waals surface area (Å²) in [6, 6.07) is 12.1. The minimum absolute atomic E-state index is 0.436. The molecule has 0 aliphatic heterocycles. The molecule has 2 N–H and O–H groups in total. The van der Waals surface area contributed by atoms with Gasteiger partial charge in [0.2, 0.25) is 0 Å². The van der Waals surface area contributed by atoms with E-state index in [-0.39, 0.29) is 0 Å². The molecule has 0 aliphatic carbocycles. The van der Waals surface area contributed by atoms with E-state index in [1.165, 1.54) is 19.8 Å². The zero-order chi connectivity index (χ0) is 20.8. The van der Waals surface area contributed by atoms with Crippen molar-refractivity contribution in [1.82, 2.24) is 4.57 Å². The molecule has 3 rings (SSSR count). The lowest BCUT2D eigenvalue weighted by molar-refractivity contribution is -0.140. The molecule has 29 heavy (non-hydrogen) atoms. The average molecular weight is 396 g/mol. The molecule has 0 fully saturated rings. The third kappa shape index (κ3) is 4.95. The van der Waals surface area contributed by atoms with Crippen LogP contribution in [-0.2, 0) is 20.9 Å². The van der Waals surface area contributed by atoms with Crippen LogP contribution in [0.1, 0.15) is 45.6 Å². The van der Waals surface area contributed by atoms with E-state index in [9.17, 15) is 4.79 Å². The second-order valence-electron chi connectivity index (χ2n) is 7.24. The number of benzene rings is 2. The number of nitrogen functional groups attached to an aromatic ring is 1. The number of unbranched alkanes of at least 4 members (excludes halogenated alkanes) is 2. The predicted octanol–water partition coefficient (Wildman–Crippen LogP) is 4.87. The quantitative estimate of drug-likeness (QED) is 0.184. The van der Waals surface area contributed by atoms with Crippen molar-refractivity contribution in [2.45, 2.75) is 46.6 Å². The third-order valence-corrected chi connectivity index (χ3v) is 4.97. The van der Waals surface area contributed by atoms with Crippen molar-refractivity contribution >= 4 is 39.2 Å². The molecule has 0 saturated heterocycles. The normalized spacial score (nSPS) is 12.0. The van der Waals surface area contributed by atoms with Crippen molar-refractivity contribution in [3.05, 3.63) is 42.0 Å². The summed E-state index contributed by atoms with van der Waals surface area (Å²) in [6.07, 6.45) is 3.50. The first-order chi connectivity index (χ1) is 14.0. The first-order valence-corrected chi connectivity index (χ1v) is 10.1. The summed E-state index contributed by atoms with van der Waals surface area (Å²) in [5.41, 5.74) is 10.6. The minimum Gasteiger partial charge on any atom is -0.399 e. The number of oxime groups is 1. The number of nitrogens with zero attached hydrogens (tertiary/aromatic N) is 2. The SMILES string of the molecule is CCCCCOCCn1c2ccc(N)cc2c2cc(/C(C)=N/OC(C)=O)ccc21. The maximum absolute atomic E-state index is 11.0. The van der Waals surface area contributed by atoms with E-state index in [0.717, 1.165) is 52.6 Å². The second kappa shape index (κ2) is 9.56. The topological polar surface area (TPSA) is 78.8 Å². The van der Waals surface area contributed by atoms with E-state index in [1.807, 2.05) is 25.1 Å². The molecule has 0 saturated carbocycles. The molecule has 0 amide bonds. The van der Waals surface area contributed by atoms with Gasteiger partial charge in [0.15, 0.2) is 0 Å². The second-order valence-corrected chi connectivity index (χ2v) is 7.24. The monoisotopic (exact) mass is 395 g/mol. The molecule has 2 aromatic carbocycles. The van der Waals surface area contributed by atoms with Gasteiger partial charge in [-0.15, -0.1) is 0 Å². The Morgan fingerprint density at radius 2 is 1.76 bits per heavy atom. The fourth-order valence-electron chi connectivity index (χ4n) is 3.49. The molecule has 6 heteroatoms. The number of aromatic nitrogens is 1. The van der Waals surface area contributed by atoms with Crippen molar-refractivity contribution in [1.29, 1.82) is 0 Å². The molecule has 154 valence electrons. The highest BCUT2D eigenvalue weighted by Gasteiger charge is 2.12. The Kier molecular flexibility index (Phi) is 6.88. The van der Waals surface area contributed by atoms with Crippen molar-refractivity contribution in [3.63, 3.8) is 0 Å². The summed E-state index contributed by atoms with van der Waals surface area (Å²) < 4.78 is 8.10. The Bertz CT molecular complexity index is 1040. The Morgan fingerprint density at radius 3 is 2.48 bits per heavy atom. The highest BCUT2D eigenvalue weighted by atomic mass is 16.7. The largest absolute Gasteiger partial charge is 0.399 e. The number of ether oxygens (including phenoxy) is 1. The molecule has 3 aromatic rings. The van der Waals surface area contributed by atoms with Gasteiger partial charge < -0.3 is 19.9 Å². The van der Waals surface area contributed by atoms with Crippen molar-refractivity contribution in [2.24, 2.45) is 5.16 Å². The fraction of sp³-hybridized carbons (Fsp3) is 0.391. The fourth-order valence-corrected chi connectivity index (χ4v) is 3.49. The molecule has 1 heterocycles. The van der Waals surface area contributed by atoms with Crippen LogP contribution in [0.5, 0.6) is 0 Å². The van der Waals surface area contributed by atoms with Gasteiger partial charge >= 0.3 is 5.97 Å². The van der Waals surface area contributed by atoms with E-state index in [4.69, 9.17) is 15.3 Å². The molecule has 1 aromatic heterocycles. The average Bonchev–Trinajstić information content (AvgIpc) is 3.01. The molecule has 0 atom stereocenters. The maximum atomic E-state index is 11.0. The molecule has 6 nitrogen and oxygen atoms in total. The Hall–Kier alpha value is -2.86. The third-order valence-electron chi connectivity index (χ3n) is 4.97. The Labute approximate surface area is 171 Å². The predicted molar refractivity (Wildman–Crippen MR) is 118 cm³/mol. The van der Waals surface area contributed by atoms with E-state index in [2.05, 4.69) is 34.8 Å². The van der Waals surface area contributed by atoms with Crippen LogP contribution in [0.4, 0.5) is 5.69 Å². The van der Waals surface area contributed by atoms with Gasteiger partial charge in [-0.25, -0.2) is 4.79 Å². The zero-order valence-corrected chi connectivity index (χ0v) is 17.4. The number of rotatable bonds is 9. The zero-order valence-electron chi connectivity index (χ0n) is 17.4. The van der Waals surface area contributed by atoms with Gasteiger partial charge in [-0.05, 0) is 49.2 Å². The van der Waals surface area contributed by atoms with Crippen molar-refractivity contribution < 1.29 is 14.4 Å². The maximum Gasteiger partial charge on any atom is 0.331 e. The first kappa shape index (κ1) is 20.9. The first-order valence-electron chi connectivity index (χ1n) is 10.1. The number of anilines is 1. The van der Waals surface area contributed by atoms with Crippen molar-refractivity contribution in [2.75, 3.05) is 18.9 Å². The lowest BCUT2D eigenvalue weighted by Gasteiger charge is -2.09. The summed E-state index contributed by atoms with van der Waals surface area (Å²) in [5, 5.41) is 6.09. The summed E-state index contributed by atoms with van der Waals surface area (Å²) in [4.78, 5) is 15.8. The van der Waals surface area contributed by atoms with Crippen LogP contribution < -0.4 is 5.73 Å². The summed E-state index contributed by atoms with van der Waals surface area (Å²) in [5.74, 6) is -0.436. The lowest BCUT2D eigenvalue weighted by atomic mass is 10.1. The Morgan fingerprint density at radius 1 is 1.03 bits per heavy atom. The highest BCUT2D eigenvalue weighted by molar-refractivity contribution is 6.12. The molecule has 0 aliphatic rings. The number of fused-ring (bicyclic) bond motifs is 3. The van der Waals surface area contributed by atoms with E-state index in [1.54, 1.807) is 0 Å². The van der Waals surface area contributed by atoms with Gasteiger partial charge in [-0.1, -0.05) is 31.0 Å². The molecule has 0 spiro atoms. The van der Waals surface area contributed by atoms with E-state index >= 15 is 0 Å². The highest BCUT2D eigenvalue weighted by Crippen LogP contribution is 2.31. The standard InChI is InChI=1S/C23H29N3O3/c1-4-5-6-12-28-13-11-26-22-9-7-18(16(2)25-29-17(3)27)14-20(22)21-15-19(24)8-10-23(21)26/h7-10,14-15H,4-6,11-13,24H2,1-3H3/b25-16+. The summed E-state index contributed by atoms with van der Waals surface area (Å²) >= 11 is 0. The van der Waals surface area contributed by atoms with Gasteiger partial charge in [0, 0.05) is 47.6 Å². The Balaban J connectivity index is 1.94. The van der Waals surface area contributed by atoms with Gasteiger partial charge in [0.05, 0.1) is 12.3 Å². The van der Waals surface area contributed by atoms with E-state index < -0.39 is 5.97 Å². The van der Waals surface area contributed by atoms with Gasteiger partial charge in [0.1, 0.15) is 0 Å². The number of carbonyl (C=O) groups is 1. The molecule has 0 unspecified atom stereocenters. The van der Waals surface area contributed by atoms with Gasteiger partial charge in [-0.3, -0.25) is 0 Å². The molecule has 0 bridgehead atoms. The van der Waals surface area contributed by atoms with Crippen molar-refractivity contribution in [3.8, 4) is 0 Å². The van der Waals surface area contributed by atoms with Crippen LogP contribution in [0.15, 0.2) is 41.6 Å². The summed E-state index contributed by atoms with van der Waals surface area (Å²) in [6.45, 7) is 7.59. The van der Waals surface area contributed by atoms with E-state index in [0.29, 0.717) is 12.3 Å². The summed E-state index contributed by atoms with van der Waals surface area (Å²) in [7, 11) is 0. The minimum atomic E-state index is -0.436. The lowest BCUT2D eigenvalue weighted by Crippen LogP contribution is -2.07. The van der Waals surface area contributed by atoms with Crippen LogP contribution >= 0.6 is 0 Å². The van der Waals surface area contributed by atoms with Gasteiger partial charge in [0.25, 0.3) is 0 Å². The van der Waals surface area contributed by atoms with Crippen LogP contribution in [0, 0.1) is 0 Å². The number of hydrogen-bond acceptors (Lipinski definition) is 5. The van der Waals surface area contributed by atoms with Gasteiger partial charge in [-0.2, -0.15) is 0 Å². The number of carbonyl (C=O) groups excluding carboxylic acids is 1. The van der Waals surface area contributed by atoms with Crippen LogP contribution in [0.25, 0.3) is 21.8 Å². The number of hydrogen-bond donors (Lipinski definition) is 1. The van der Waals surface area contributed by atoms with Crippen LogP contribution in [-0.4, -0.2) is 29.5 Å². The smallest absolute Gasteiger partial charge is 0.331 e.